The molecule has 1 aromatic heterocycles. The van der Waals surface area contributed by atoms with Crippen molar-refractivity contribution >= 4 is 26.9 Å². The SMILES string of the molecule is O=c1cc(-c2ccccc2)oc2cc(CBr)ccc12. The first-order valence-electron chi connectivity index (χ1n) is 5.96. The van der Waals surface area contributed by atoms with Gasteiger partial charge in [-0.25, -0.2) is 0 Å². The van der Waals surface area contributed by atoms with E-state index in [1.54, 1.807) is 6.07 Å². The zero-order valence-corrected chi connectivity index (χ0v) is 11.7. The Morgan fingerprint density at radius 2 is 1.79 bits per heavy atom. The molecule has 0 aliphatic carbocycles. The predicted octanol–water partition coefficient (Wildman–Crippen LogP) is 4.35. The number of alkyl halides is 1. The highest BCUT2D eigenvalue weighted by Gasteiger charge is 2.07. The van der Waals surface area contributed by atoms with E-state index in [1.807, 2.05) is 48.5 Å². The van der Waals surface area contributed by atoms with E-state index < -0.39 is 0 Å². The minimum atomic E-state index is -0.0128. The lowest BCUT2D eigenvalue weighted by Gasteiger charge is -2.04. The summed E-state index contributed by atoms with van der Waals surface area (Å²) < 4.78 is 5.85. The van der Waals surface area contributed by atoms with E-state index in [4.69, 9.17) is 4.42 Å². The zero-order chi connectivity index (χ0) is 13.2. The van der Waals surface area contributed by atoms with Crippen LogP contribution in [0.3, 0.4) is 0 Å². The van der Waals surface area contributed by atoms with E-state index in [-0.39, 0.29) is 5.43 Å². The molecule has 0 radical (unpaired) electrons. The molecule has 1 heterocycles. The van der Waals surface area contributed by atoms with Crippen LogP contribution in [-0.4, -0.2) is 0 Å². The molecule has 0 atom stereocenters. The Labute approximate surface area is 118 Å². The molecule has 0 fully saturated rings. The third kappa shape index (κ3) is 2.34. The summed E-state index contributed by atoms with van der Waals surface area (Å²) in [6.07, 6.45) is 0. The summed E-state index contributed by atoms with van der Waals surface area (Å²) >= 11 is 3.41. The fourth-order valence-electron chi connectivity index (χ4n) is 2.03. The zero-order valence-electron chi connectivity index (χ0n) is 10.1. The Morgan fingerprint density at radius 1 is 1.00 bits per heavy atom. The molecule has 3 rings (SSSR count). The lowest BCUT2D eigenvalue weighted by molar-refractivity contribution is 0.618. The summed E-state index contributed by atoms with van der Waals surface area (Å²) in [5.41, 5.74) is 2.61. The molecular formula is C16H11BrO2. The Bertz CT molecular complexity index is 776. The van der Waals surface area contributed by atoms with Crippen LogP contribution in [0, 0.1) is 0 Å². The lowest BCUT2D eigenvalue weighted by Crippen LogP contribution is -2.00. The molecular weight excluding hydrogens is 304 g/mol. The third-order valence-electron chi connectivity index (χ3n) is 3.01. The molecule has 2 aromatic carbocycles. The van der Waals surface area contributed by atoms with E-state index in [0.29, 0.717) is 16.7 Å². The molecule has 2 nitrogen and oxygen atoms in total. The number of fused-ring (bicyclic) bond motifs is 1. The summed E-state index contributed by atoms with van der Waals surface area (Å²) in [5, 5.41) is 1.35. The molecule has 0 amide bonds. The van der Waals surface area contributed by atoms with Crippen LogP contribution in [0.2, 0.25) is 0 Å². The normalized spacial score (nSPS) is 10.8. The van der Waals surface area contributed by atoms with Crippen molar-refractivity contribution in [1.82, 2.24) is 0 Å². The molecule has 3 heteroatoms. The molecule has 0 aliphatic rings. The second-order valence-corrected chi connectivity index (χ2v) is 4.87. The maximum Gasteiger partial charge on any atom is 0.193 e. The van der Waals surface area contributed by atoms with Crippen LogP contribution in [0.1, 0.15) is 5.56 Å². The molecule has 0 bridgehead atoms. The number of hydrogen-bond acceptors (Lipinski definition) is 2. The second-order valence-electron chi connectivity index (χ2n) is 4.31. The largest absolute Gasteiger partial charge is 0.456 e. The number of benzene rings is 2. The molecule has 0 saturated heterocycles. The van der Waals surface area contributed by atoms with Crippen LogP contribution in [0.5, 0.6) is 0 Å². The van der Waals surface area contributed by atoms with Crippen molar-refractivity contribution in [3.05, 3.63) is 70.4 Å². The number of halogens is 1. The van der Waals surface area contributed by atoms with E-state index >= 15 is 0 Å². The van der Waals surface area contributed by atoms with Gasteiger partial charge in [-0.3, -0.25) is 4.79 Å². The van der Waals surface area contributed by atoms with E-state index in [0.717, 1.165) is 16.5 Å². The van der Waals surface area contributed by atoms with Gasteiger partial charge in [0, 0.05) is 17.0 Å². The van der Waals surface area contributed by atoms with Gasteiger partial charge in [0.05, 0.1) is 5.39 Å². The Kier molecular flexibility index (Phi) is 3.22. The van der Waals surface area contributed by atoms with E-state index in [9.17, 15) is 4.79 Å². The minimum absolute atomic E-state index is 0.0128. The van der Waals surface area contributed by atoms with Crippen molar-refractivity contribution in [2.45, 2.75) is 5.33 Å². The second kappa shape index (κ2) is 5.02. The van der Waals surface area contributed by atoms with Gasteiger partial charge in [-0.05, 0) is 17.7 Å². The third-order valence-corrected chi connectivity index (χ3v) is 3.65. The van der Waals surface area contributed by atoms with Crippen molar-refractivity contribution in [1.29, 1.82) is 0 Å². The lowest BCUT2D eigenvalue weighted by atomic mass is 10.1. The first-order chi connectivity index (χ1) is 9.28. The molecule has 19 heavy (non-hydrogen) atoms. The first kappa shape index (κ1) is 12.2. The van der Waals surface area contributed by atoms with Gasteiger partial charge in [0.25, 0.3) is 0 Å². The summed E-state index contributed by atoms with van der Waals surface area (Å²) in [7, 11) is 0. The van der Waals surface area contributed by atoms with Gasteiger partial charge < -0.3 is 4.42 Å². The van der Waals surface area contributed by atoms with Gasteiger partial charge in [-0.1, -0.05) is 52.3 Å². The van der Waals surface area contributed by atoms with Crippen LogP contribution < -0.4 is 5.43 Å². The molecule has 0 unspecified atom stereocenters. The van der Waals surface area contributed by atoms with E-state index in [1.165, 1.54) is 0 Å². The molecule has 0 saturated carbocycles. The summed E-state index contributed by atoms with van der Waals surface area (Å²) in [4.78, 5) is 12.1. The van der Waals surface area contributed by atoms with Crippen molar-refractivity contribution in [2.24, 2.45) is 0 Å². The van der Waals surface area contributed by atoms with Crippen molar-refractivity contribution in [3.63, 3.8) is 0 Å². The van der Waals surface area contributed by atoms with Gasteiger partial charge in [0.1, 0.15) is 11.3 Å². The molecule has 0 spiro atoms. The Hall–Kier alpha value is -1.87. The molecule has 0 N–H and O–H groups in total. The van der Waals surface area contributed by atoms with Gasteiger partial charge in [-0.15, -0.1) is 0 Å². The Balaban J connectivity index is 2.26. The van der Waals surface area contributed by atoms with Crippen LogP contribution in [0.4, 0.5) is 0 Å². The van der Waals surface area contributed by atoms with Crippen LogP contribution in [0.25, 0.3) is 22.3 Å². The minimum Gasteiger partial charge on any atom is -0.456 e. The van der Waals surface area contributed by atoms with E-state index in [2.05, 4.69) is 15.9 Å². The number of rotatable bonds is 2. The number of hydrogen-bond donors (Lipinski definition) is 0. The van der Waals surface area contributed by atoms with Crippen molar-refractivity contribution in [2.75, 3.05) is 0 Å². The summed E-state index contributed by atoms with van der Waals surface area (Å²) in [6, 6.07) is 16.8. The molecule has 3 aromatic rings. The van der Waals surface area contributed by atoms with Gasteiger partial charge >= 0.3 is 0 Å². The highest BCUT2D eigenvalue weighted by Crippen LogP contribution is 2.23. The fraction of sp³-hybridized carbons (Fsp3) is 0.0625. The highest BCUT2D eigenvalue weighted by molar-refractivity contribution is 9.08. The monoisotopic (exact) mass is 314 g/mol. The van der Waals surface area contributed by atoms with Crippen LogP contribution in [-0.2, 0) is 5.33 Å². The smallest absolute Gasteiger partial charge is 0.193 e. The van der Waals surface area contributed by atoms with Gasteiger partial charge in [0.2, 0.25) is 0 Å². The molecule has 94 valence electrons. The maximum atomic E-state index is 12.1. The van der Waals surface area contributed by atoms with Crippen molar-refractivity contribution < 1.29 is 4.42 Å². The average Bonchev–Trinajstić information content (AvgIpc) is 2.47. The maximum absolute atomic E-state index is 12.1. The topological polar surface area (TPSA) is 30.2 Å². The molecule has 0 aliphatic heterocycles. The van der Waals surface area contributed by atoms with Crippen molar-refractivity contribution in [3.8, 4) is 11.3 Å². The summed E-state index contributed by atoms with van der Waals surface area (Å²) in [6.45, 7) is 0. The van der Waals surface area contributed by atoms with Crippen LogP contribution >= 0.6 is 15.9 Å². The summed E-state index contributed by atoms with van der Waals surface area (Å²) in [5.74, 6) is 0.602. The predicted molar refractivity (Wildman–Crippen MR) is 80.6 cm³/mol. The Morgan fingerprint density at radius 3 is 2.53 bits per heavy atom. The first-order valence-corrected chi connectivity index (χ1v) is 7.08. The van der Waals surface area contributed by atoms with Crippen LogP contribution in [0.15, 0.2) is 63.8 Å². The van der Waals surface area contributed by atoms with Gasteiger partial charge in [-0.2, -0.15) is 0 Å². The standard InChI is InChI=1S/C16H11BrO2/c17-10-11-6-7-13-14(18)9-15(19-16(13)8-11)12-4-2-1-3-5-12/h1-9H,10H2. The quantitative estimate of drug-likeness (QED) is 0.658. The van der Waals surface area contributed by atoms with Gasteiger partial charge in [0.15, 0.2) is 5.43 Å². The average molecular weight is 315 g/mol. The highest BCUT2D eigenvalue weighted by atomic mass is 79.9. The fourth-order valence-corrected chi connectivity index (χ4v) is 2.38.